The Balaban J connectivity index is 2.06. The van der Waals surface area contributed by atoms with Gasteiger partial charge in [-0.2, -0.15) is 0 Å². The van der Waals surface area contributed by atoms with Gasteiger partial charge >= 0.3 is 0 Å². The minimum absolute atomic E-state index is 0.0469. The molecule has 0 saturated carbocycles. The fraction of sp³-hybridized carbons (Fsp3) is 0.250. The van der Waals surface area contributed by atoms with Gasteiger partial charge in [0.25, 0.3) is 0 Å². The second-order valence-corrected chi connectivity index (χ2v) is 6.60. The van der Waals surface area contributed by atoms with Crippen molar-refractivity contribution in [2.45, 2.75) is 18.6 Å². The molecule has 4 nitrogen and oxygen atoms in total. The van der Waals surface area contributed by atoms with Crippen molar-refractivity contribution in [2.75, 3.05) is 11.3 Å². The average molecular weight is 305 g/mol. The third kappa shape index (κ3) is 5.21. The molecule has 21 heavy (non-hydrogen) atoms. The highest BCUT2D eigenvalue weighted by molar-refractivity contribution is 7.91. The summed E-state index contributed by atoms with van der Waals surface area (Å²) < 4.78 is 26.9. The summed E-state index contributed by atoms with van der Waals surface area (Å²) >= 11 is 0. The summed E-state index contributed by atoms with van der Waals surface area (Å²) in [4.78, 5) is 0. The Morgan fingerprint density at radius 1 is 0.952 bits per heavy atom. The fourth-order valence-electron chi connectivity index (χ4n) is 2.08. The molecule has 2 N–H and O–H groups in total. The Hall–Kier alpha value is -1.85. The van der Waals surface area contributed by atoms with E-state index < -0.39 is 10.0 Å². The smallest absolute Gasteiger partial charge is 0.236 e. The van der Waals surface area contributed by atoms with Crippen LogP contribution in [0, 0.1) is 0 Å². The lowest BCUT2D eigenvalue weighted by molar-refractivity contribution is 0.288. The predicted octanol–water partition coefficient (Wildman–Crippen LogP) is 2.55. The highest BCUT2D eigenvalue weighted by Crippen LogP contribution is 2.15. The van der Waals surface area contributed by atoms with Gasteiger partial charge in [0.2, 0.25) is 10.0 Å². The Labute approximate surface area is 125 Å². The van der Waals surface area contributed by atoms with E-state index in [0.29, 0.717) is 12.1 Å². The number of anilines is 1. The number of nitrogens with one attached hydrogen (secondary N) is 1. The lowest BCUT2D eigenvalue weighted by atomic mass is 10.1. The van der Waals surface area contributed by atoms with Crippen LogP contribution in [-0.4, -0.2) is 20.1 Å². The first-order valence-corrected chi connectivity index (χ1v) is 8.48. The maximum atomic E-state index is 12.1. The van der Waals surface area contributed by atoms with Crippen molar-refractivity contribution in [1.82, 2.24) is 0 Å². The number of aliphatic hydroxyl groups is 1. The second-order valence-electron chi connectivity index (χ2n) is 4.87. The van der Waals surface area contributed by atoms with Crippen molar-refractivity contribution < 1.29 is 13.5 Å². The molecule has 0 radical (unpaired) electrons. The molecular formula is C16H19NO3S. The molecule has 5 heteroatoms. The highest BCUT2D eigenvalue weighted by Gasteiger charge is 2.11. The normalized spacial score (nSPS) is 11.3. The van der Waals surface area contributed by atoms with Crippen LogP contribution in [0.15, 0.2) is 54.6 Å². The first-order chi connectivity index (χ1) is 10.1. The second kappa shape index (κ2) is 7.24. The first kappa shape index (κ1) is 15.5. The van der Waals surface area contributed by atoms with Crippen molar-refractivity contribution in [3.8, 4) is 0 Å². The van der Waals surface area contributed by atoms with Gasteiger partial charge < -0.3 is 5.11 Å². The van der Waals surface area contributed by atoms with Gasteiger partial charge in [0, 0.05) is 12.3 Å². The van der Waals surface area contributed by atoms with Crippen LogP contribution in [0.4, 0.5) is 5.69 Å². The monoisotopic (exact) mass is 305 g/mol. The summed E-state index contributed by atoms with van der Waals surface area (Å²) in [5.41, 5.74) is 2.31. The number of rotatable bonds is 7. The van der Waals surface area contributed by atoms with Gasteiger partial charge in [0.05, 0.1) is 5.75 Å². The number of hydrogen-bond donors (Lipinski definition) is 2. The molecule has 0 atom stereocenters. The highest BCUT2D eigenvalue weighted by atomic mass is 32.2. The molecule has 0 bridgehead atoms. The molecular weight excluding hydrogens is 286 g/mol. The zero-order valence-corrected chi connectivity index (χ0v) is 12.5. The average Bonchev–Trinajstić information content (AvgIpc) is 2.45. The van der Waals surface area contributed by atoms with E-state index in [1.54, 1.807) is 24.3 Å². The van der Waals surface area contributed by atoms with Gasteiger partial charge in [-0.3, -0.25) is 4.72 Å². The van der Waals surface area contributed by atoms with E-state index in [1.807, 2.05) is 30.3 Å². The maximum Gasteiger partial charge on any atom is 0.236 e. The summed E-state index contributed by atoms with van der Waals surface area (Å²) in [5.74, 6) is -0.0469. The number of aliphatic hydroxyl groups excluding tert-OH is 1. The molecule has 0 saturated heterocycles. The molecule has 0 aliphatic heterocycles. The zero-order chi connectivity index (χ0) is 15.1. The van der Waals surface area contributed by atoms with Crippen LogP contribution in [0.3, 0.4) is 0 Å². The number of hydrogen-bond acceptors (Lipinski definition) is 3. The number of sulfonamides is 1. The Morgan fingerprint density at radius 3 is 2.38 bits per heavy atom. The summed E-state index contributed by atoms with van der Waals surface area (Å²) in [6, 6.07) is 16.3. The summed E-state index contributed by atoms with van der Waals surface area (Å²) in [5, 5.41) is 8.84. The van der Waals surface area contributed by atoms with Crippen LogP contribution >= 0.6 is 0 Å². The van der Waals surface area contributed by atoms with Crippen LogP contribution in [-0.2, 0) is 22.2 Å². The number of aryl methyl sites for hydroxylation is 1. The first-order valence-electron chi connectivity index (χ1n) is 6.83. The van der Waals surface area contributed by atoms with E-state index in [0.717, 1.165) is 17.5 Å². The topological polar surface area (TPSA) is 66.4 Å². The molecule has 0 heterocycles. The van der Waals surface area contributed by atoms with Gasteiger partial charge in [-0.1, -0.05) is 42.5 Å². The van der Waals surface area contributed by atoms with Crippen molar-refractivity contribution in [3.63, 3.8) is 0 Å². The Bertz CT molecular complexity index is 669. The van der Waals surface area contributed by atoms with Crippen LogP contribution in [0.5, 0.6) is 0 Å². The van der Waals surface area contributed by atoms with E-state index in [4.69, 9.17) is 5.11 Å². The quantitative estimate of drug-likeness (QED) is 0.826. The Morgan fingerprint density at radius 2 is 1.67 bits per heavy atom. The molecule has 0 amide bonds. The van der Waals surface area contributed by atoms with Crippen LogP contribution < -0.4 is 4.72 Å². The van der Waals surface area contributed by atoms with Gasteiger partial charge in [-0.15, -0.1) is 0 Å². The van der Waals surface area contributed by atoms with Gasteiger partial charge in [0.1, 0.15) is 0 Å². The van der Waals surface area contributed by atoms with Crippen LogP contribution in [0.2, 0.25) is 0 Å². The molecule has 0 aliphatic rings. The number of benzene rings is 2. The summed E-state index contributed by atoms with van der Waals surface area (Å²) in [6.07, 6.45) is 1.39. The van der Waals surface area contributed by atoms with E-state index in [2.05, 4.69) is 4.72 Å². The zero-order valence-electron chi connectivity index (χ0n) is 11.7. The minimum atomic E-state index is -3.42. The summed E-state index contributed by atoms with van der Waals surface area (Å²) in [6.45, 7) is 0.129. The van der Waals surface area contributed by atoms with E-state index in [9.17, 15) is 8.42 Å². The molecule has 0 fully saturated rings. The lowest BCUT2D eigenvalue weighted by Gasteiger charge is -2.09. The molecule has 2 rings (SSSR count). The minimum Gasteiger partial charge on any atom is -0.396 e. The molecule has 0 unspecified atom stereocenters. The van der Waals surface area contributed by atoms with Crippen molar-refractivity contribution >= 4 is 15.7 Å². The third-order valence-electron chi connectivity index (χ3n) is 3.02. The van der Waals surface area contributed by atoms with Gasteiger partial charge in [0.15, 0.2) is 0 Å². The predicted molar refractivity (Wildman–Crippen MR) is 84.5 cm³/mol. The third-order valence-corrected chi connectivity index (χ3v) is 4.28. The van der Waals surface area contributed by atoms with Crippen LogP contribution in [0.1, 0.15) is 17.5 Å². The maximum absolute atomic E-state index is 12.1. The molecule has 0 aromatic heterocycles. The van der Waals surface area contributed by atoms with Gasteiger partial charge in [-0.05, 0) is 36.1 Å². The van der Waals surface area contributed by atoms with Crippen LogP contribution in [0.25, 0.3) is 0 Å². The molecule has 0 spiro atoms. The standard InChI is InChI=1S/C16H19NO3S/c18-11-5-9-14-8-4-10-16(12-14)17-21(19,20)13-15-6-2-1-3-7-15/h1-4,6-8,10,12,17-18H,5,9,11,13H2. The Kier molecular flexibility index (Phi) is 5.36. The molecule has 112 valence electrons. The van der Waals surface area contributed by atoms with E-state index >= 15 is 0 Å². The molecule has 0 aliphatic carbocycles. The molecule has 2 aromatic carbocycles. The van der Waals surface area contributed by atoms with Crippen molar-refractivity contribution in [1.29, 1.82) is 0 Å². The largest absolute Gasteiger partial charge is 0.396 e. The molecule has 2 aromatic rings. The lowest BCUT2D eigenvalue weighted by Crippen LogP contribution is -2.15. The summed E-state index contributed by atoms with van der Waals surface area (Å²) in [7, 11) is -3.42. The van der Waals surface area contributed by atoms with Crippen molar-refractivity contribution in [3.05, 3.63) is 65.7 Å². The van der Waals surface area contributed by atoms with E-state index in [1.165, 1.54) is 0 Å². The fourth-order valence-corrected chi connectivity index (χ4v) is 3.27. The van der Waals surface area contributed by atoms with Crippen molar-refractivity contribution in [2.24, 2.45) is 0 Å². The van der Waals surface area contributed by atoms with Gasteiger partial charge in [-0.25, -0.2) is 8.42 Å². The van der Waals surface area contributed by atoms with E-state index in [-0.39, 0.29) is 12.4 Å². The SMILES string of the molecule is O=S(=O)(Cc1ccccc1)Nc1cccc(CCCO)c1.